The number of aromatic hydroxyl groups is 3. The van der Waals surface area contributed by atoms with Gasteiger partial charge in [-0.2, -0.15) is 0 Å². The SMILES string of the molecule is CC[C@H](CC(C)C)C(=O)N[C@H]1C(=O)C[C@@H](CC(N)=O)C(=O)N[C@H]2C(=O)C[C@H]3C(=O)N[C@H](C(=O)N[C@@H](C(=O)O)c4cc(O)cc(O)c4-c4cc3ccc4O)[C@H](OC3C[C@](C)(N)[C@@H](O)[C@H](C)O3)c3ccc(c(Cl)c3)Oc3cc2cc(c3O[C@@H]2O[C@H](CO)[C@@H](O[C@@H]3O[C@H](CNCc4ccc(-c5cccs5)s4)[C@H](O)[C@H](O)[C@H]3O)[C@H](O)[C@H]2O)Oc2ccc(cc2Cl)[C@H]1O. The predicted molar refractivity (Wildman–Crippen MR) is 438 cm³/mol. The van der Waals surface area contributed by atoms with Crippen LogP contribution in [0.15, 0.2) is 109 Å². The number of nitrogens with one attached hydrogen (secondary N) is 5. The van der Waals surface area contributed by atoms with Crippen LogP contribution in [0.3, 0.4) is 0 Å². The number of thiophene rings is 2. The maximum Gasteiger partial charge on any atom is 0.330 e. The number of aliphatic hydroxyl groups excluding tert-OH is 8. The molecule has 0 aliphatic carbocycles. The predicted octanol–water partition coefficient (Wildman–Crippen LogP) is 4.93. The number of nitrogens with two attached hydrogens (primary N) is 2. The lowest BCUT2D eigenvalue weighted by atomic mass is 9.84. The number of carboxylic acid groups (broad SMARTS) is 1. The molecule has 3 fully saturated rings. The molecular formula is C84H95Cl2N7O28S2. The van der Waals surface area contributed by atoms with E-state index in [0.29, 0.717) is 6.42 Å². The Labute approximate surface area is 721 Å². The minimum absolute atomic E-state index is 0.0432. The highest BCUT2D eigenvalue weighted by Gasteiger charge is 2.53. The number of benzene rings is 5. The summed E-state index contributed by atoms with van der Waals surface area (Å²) in [6.45, 7) is 7.48. The van der Waals surface area contributed by atoms with E-state index >= 15 is 24.0 Å². The summed E-state index contributed by atoms with van der Waals surface area (Å²) in [6.07, 6.45) is -30.1. The first-order chi connectivity index (χ1) is 58.4. The van der Waals surface area contributed by atoms with Gasteiger partial charge < -0.3 is 137 Å². The number of phenolic OH excluding ortho intramolecular Hbond substituents is 3. The van der Waals surface area contributed by atoms with Crippen molar-refractivity contribution in [3.05, 3.63) is 151 Å². The molecule has 3 saturated heterocycles. The van der Waals surface area contributed by atoms with Crippen molar-refractivity contribution in [2.75, 3.05) is 13.2 Å². The van der Waals surface area contributed by atoms with Crippen LogP contribution in [-0.4, -0.2) is 219 Å². The van der Waals surface area contributed by atoms with E-state index in [-0.39, 0.29) is 59.3 Å². The lowest BCUT2D eigenvalue weighted by Gasteiger charge is -2.46. The zero-order valence-electron chi connectivity index (χ0n) is 66.7. The third kappa shape index (κ3) is 19.9. The van der Waals surface area contributed by atoms with Crippen molar-refractivity contribution in [1.29, 1.82) is 0 Å². The van der Waals surface area contributed by atoms with Crippen molar-refractivity contribution in [2.45, 2.75) is 207 Å². The number of ketones is 2. The van der Waals surface area contributed by atoms with Crippen LogP contribution in [0.1, 0.15) is 136 Å². The fourth-order valence-electron chi connectivity index (χ4n) is 16.1. The fourth-order valence-corrected chi connectivity index (χ4v) is 18.4. The highest BCUT2D eigenvalue weighted by Crippen LogP contribution is 2.51. The molecule has 5 amide bonds. The number of primary amides is 1. The third-order valence-corrected chi connectivity index (χ3v) is 25.3. The van der Waals surface area contributed by atoms with Gasteiger partial charge in [0, 0.05) is 87.6 Å². The third-order valence-electron chi connectivity index (χ3n) is 22.6. The van der Waals surface area contributed by atoms with Gasteiger partial charge in [0.2, 0.25) is 41.6 Å². The summed E-state index contributed by atoms with van der Waals surface area (Å²) in [6, 6.07) is 13.3. The van der Waals surface area contributed by atoms with Crippen molar-refractivity contribution in [2.24, 2.45) is 29.2 Å². The largest absolute Gasteiger partial charge is 0.508 e. The Hall–Kier alpha value is -9.56. The van der Waals surface area contributed by atoms with E-state index in [4.69, 9.17) is 72.6 Å². The number of carbonyl (C=O) groups excluding carboxylic acids is 7. The first kappa shape index (κ1) is 91.1. The summed E-state index contributed by atoms with van der Waals surface area (Å²) < 4.78 is 51.4. The number of rotatable bonds is 20. The fraction of sp³-hybridized carbons (Fsp3) is 0.452. The van der Waals surface area contributed by atoms with E-state index in [9.17, 15) is 75.7 Å². The topological polar surface area (TPSA) is 565 Å². The first-order valence-corrected chi connectivity index (χ1v) is 42.1. The summed E-state index contributed by atoms with van der Waals surface area (Å²) in [5, 5.41) is 154. The molecule has 123 heavy (non-hydrogen) atoms. The zero-order chi connectivity index (χ0) is 88.6. The second-order valence-corrected chi connectivity index (χ2v) is 35.0. The summed E-state index contributed by atoms with van der Waals surface area (Å²) in [4.78, 5) is 124. The normalized spacial score (nSPS) is 30.2. The van der Waals surface area contributed by atoms with Gasteiger partial charge in [-0.05, 0) is 133 Å². The molecule has 1 unspecified atom stereocenters. The molecule has 5 aromatic carbocycles. The number of halogens is 2. The van der Waals surface area contributed by atoms with Gasteiger partial charge in [-0.15, -0.1) is 22.7 Å². The standard InChI is InChI=1S/C84H95Cl2N7O28S2/c1-6-35(18-33(2)3)77(108)92-65-50(98)22-40(25-60(87)100)78(109)90-63-39-23-54(115-52-14-10-37(67(65)101)20-46(52)85)74(120-83-72(106)70(104)75(57(32-94)118-83)121-82-71(105)69(103)68(102)56(117-82)31-89-30-42-12-16-59(123-42)58-8-7-17-122-58)55(24-39)116-53-15-11-38(21-47(53)86)73(119-61-29-84(5,88)76(107)34(4)114-61)66-80(111)91-64(81(112)113)45-26-41(95)27-49(97)62(45)44-19-36(9-13-48(44)96)43(28-51(63)99)79(110)93-66/h7-17,19-21,23-24,26-27,33-35,40,43,56-57,61,63-73,75-76,82-83,89,94-97,101-107H,6,18,22,25,28-32,88H2,1-5H3,(H2,87,100)(H,90,109)(H,91,111)(H,92,108)(H,93,110)(H,112,113)/t34-,35+,40-,43+,56+,57+,61?,63+,64+,65-,66-,67+,68-,69-,70+,71+,72+,73+,75+,76-,82-,83-,84-/m0/s1. The Morgan fingerprint density at radius 3 is 2.02 bits per heavy atom. The van der Waals surface area contributed by atoms with E-state index in [1.54, 1.807) is 18.3 Å². The molecule has 15 rings (SSSR count). The van der Waals surface area contributed by atoms with Gasteiger partial charge in [-0.1, -0.05) is 68.2 Å². The molecule has 0 spiro atoms. The second kappa shape index (κ2) is 38.1. The summed E-state index contributed by atoms with van der Waals surface area (Å²) >= 11 is 17.6. The maximum atomic E-state index is 16.6. The van der Waals surface area contributed by atoms with Crippen molar-refractivity contribution in [3.63, 3.8) is 0 Å². The number of carboxylic acids is 1. The Bertz CT molecular complexity index is 5120. The van der Waals surface area contributed by atoms with Crippen LogP contribution in [0, 0.1) is 17.8 Å². The van der Waals surface area contributed by atoms with Crippen molar-refractivity contribution < 1.29 is 138 Å². The van der Waals surface area contributed by atoms with E-state index in [1.807, 2.05) is 43.5 Å². The number of ether oxygens (including phenoxy) is 8. The summed E-state index contributed by atoms with van der Waals surface area (Å²) in [5.41, 5.74) is 8.55. The minimum Gasteiger partial charge on any atom is -0.508 e. The number of aliphatic carboxylic acids is 1. The highest BCUT2D eigenvalue weighted by molar-refractivity contribution is 7.21. The number of amides is 5. The van der Waals surface area contributed by atoms with Crippen molar-refractivity contribution in [3.8, 4) is 66.9 Å². The molecule has 10 heterocycles. The highest BCUT2D eigenvalue weighted by atomic mass is 35.5. The number of carbonyl (C=O) groups is 8. The van der Waals surface area contributed by atoms with Gasteiger partial charge in [0.1, 0.15) is 108 Å². The Kier molecular flexibility index (Phi) is 28.2. The molecule has 8 aliphatic rings. The number of hydrogen-bond donors (Lipinski definition) is 19. The van der Waals surface area contributed by atoms with Crippen molar-refractivity contribution in [1.82, 2.24) is 26.6 Å². The summed E-state index contributed by atoms with van der Waals surface area (Å²) in [5.74, 6) is -19.7. The van der Waals surface area contributed by atoms with Crippen LogP contribution in [0.25, 0.3) is 20.9 Å². The van der Waals surface area contributed by atoms with Gasteiger partial charge in [0.25, 0.3) is 0 Å². The molecular weight excluding hydrogens is 1690 g/mol. The van der Waals surface area contributed by atoms with Crippen LogP contribution in [0.2, 0.25) is 10.0 Å². The first-order valence-electron chi connectivity index (χ1n) is 39.6. The number of fused-ring (bicyclic) bond motifs is 15. The van der Waals surface area contributed by atoms with Crippen LogP contribution in [0.4, 0.5) is 0 Å². The molecule has 7 aromatic rings. The lowest BCUT2D eigenvalue weighted by molar-refractivity contribution is -0.350. The van der Waals surface area contributed by atoms with E-state index in [1.165, 1.54) is 55.5 Å². The monoisotopic (exact) mass is 1780 g/mol. The molecule has 21 N–H and O–H groups in total. The van der Waals surface area contributed by atoms with Crippen LogP contribution in [0.5, 0.6) is 46.0 Å². The van der Waals surface area contributed by atoms with Gasteiger partial charge in [0.05, 0.1) is 40.7 Å². The molecule has 35 nitrogen and oxygen atoms in total. The molecule has 8 aliphatic heterocycles. The van der Waals surface area contributed by atoms with Crippen LogP contribution < -0.4 is 52.3 Å². The van der Waals surface area contributed by atoms with Gasteiger partial charge >= 0.3 is 5.97 Å². The number of hydrogen-bond acceptors (Lipinski definition) is 31. The van der Waals surface area contributed by atoms with Crippen LogP contribution >= 0.6 is 45.9 Å². The molecule has 0 saturated carbocycles. The molecule has 39 heteroatoms. The summed E-state index contributed by atoms with van der Waals surface area (Å²) in [7, 11) is 0. The van der Waals surface area contributed by atoms with Gasteiger partial charge in [-0.25, -0.2) is 4.79 Å². The van der Waals surface area contributed by atoms with Gasteiger partial charge in [0.15, 0.2) is 41.7 Å². The average molecular weight is 1790 g/mol. The van der Waals surface area contributed by atoms with Crippen molar-refractivity contribution >= 4 is 92.9 Å². The Morgan fingerprint density at radius 1 is 0.699 bits per heavy atom. The van der Waals surface area contributed by atoms with Crippen LogP contribution in [-0.2, 0) is 68.6 Å². The molecule has 660 valence electrons. The zero-order valence-corrected chi connectivity index (χ0v) is 69.8. The molecule has 2 aromatic heterocycles. The molecule has 11 bridgehead atoms. The van der Waals surface area contributed by atoms with Gasteiger partial charge in [-0.3, -0.25) is 33.6 Å². The van der Waals surface area contributed by atoms with E-state index in [0.717, 1.165) is 63.2 Å². The smallest absolute Gasteiger partial charge is 0.330 e. The minimum atomic E-state index is -2.33. The number of aliphatic hydroxyl groups is 8. The Morgan fingerprint density at radius 2 is 1.37 bits per heavy atom. The lowest BCUT2D eigenvalue weighted by Crippen LogP contribution is -2.65. The second-order valence-electron chi connectivity index (χ2n) is 32.1. The number of phenols is 3. The molecule has 0 radical (unpaired) electrons. The quantitative estimate of drug-likeness (QED) is 0.0481. The number of Topliss-reactive ketones (excluding diaryl/α,β-unsaturated/α-hetero) is 2. The molecule has 23 atom stereocenters. The van der Waals surface area contributed by atoms with E-state index in [2.05, 4.69) is 26.6 Å². The maximum absolute atomic E-state index is 16.6. The average Bonchev–Trinajstić information content (AvgIpc) is 1.62. The Balaban J connectivity index is 0.977. The van der Waals surface area contributed by atoms with E-state index < -0.39 is 280 Å².